The van der Waals surface area contributed by atoms with Crippen molar-refractivity contribution < 1.29 is 0 Å². The molecular weight excluding hydrogens is 210 g/mol. The molecule has 2 rings (SSSR count). The highest BCUT2D eigenvalue weighted by Crippen LogP contribution is 2.15. The van der Waals surface area contributed by atoms with E-state index >= 15 is 0 Å². The number of hydrogen-bond donors (Lipinski definition) is 2. The van der Waals surface area contributed by atoms with Crippen LogP contribution in [0.3, 0.4) is 0 Å². The third kappa shape index (κ3) is 2.44. The van der Waals surface area contributed by atoms with E-state index < -0.39 is 0 Å². The fraction of sp³-hybridized carbons (Fsp3) is 0.200. The minimum Gasteiger partial charge on any atom is -0.361 e. The number of thiophene rings is 1. The zero-order valence-corrected chi connectivity index (χ0v) is 9.10. The Kier molecular flexibility index (Phi) is 2.82. The third-order valence-corrected chi connectivity index (χ3v) is 2.93. The highest BCUT2D eigenvalue weighted by atomic mass is 32.1. The fourth-order valence-corrected chi connectivity index (χ4v) is 2.06. The summed E-state index contributed by atoms with van der Waals surface area (Å²) in [4.78, 5) is 20.2. The Morgan fingerprint density at radius 1 is 1.53 bits per heavy atom. The molecule has 0 saturated carbocycles. The molecule has 15 heavy (non-hydrogen) atoms. The molecule has 0 aliphatic heterocycles. The SMILES string of the molecule is Cc1ccc(CNc2ncc[nH]c2=O)s1. The smallest absolute Gasteiger partial charge is 0.290 e. The van der Waals surface area contributed by atoms with Crippen LogP contribution in [-0.2, 0) is 6.54 Å². The standard InChI is InChI=1S/C10H11N3OS/c1-7-2-3-8(15-7)6-13-9-10(14)12-5-4-11-9/h2-5H,6H2,1H3,(H,11,13)(H,12,14). The number of anilines is 1. The number of aromatic nitrogens is 2. The van der Waals surface area contributed by atoms with Crippen LogP contribution in [0.2, 0.25) is 0 Å². The third-order valence-electron chi connectivity index (χ3n) is 1.93. The van der Waals surface area contributed by atoms with E-state index in [0.717, 1.165) is 0 Å². The molecule has 5 heteroatoms. The zero-order chi connectivity index (χ0) is 10.7. The van der Waals surface area contributed by atoms with E-state index in [0.29, 0.717) is 12.4 Å². The Bertz CT molecular complexity index is 503. The van der Waals surface area contributed by atoms with Gasteiger partial charge in [-0.15, -0.1) is 11.3 Å². The van der Waals surface area contributed by atoms with Crippen molar-refractivity contribution in [3.8, 4) is 0 Å². The first kappa shape index (κ1) is 9.92. The average molecular weight is 221 g/mol. The lowest BCUT2D eigenvalue weighted by Gasteiger charge is -2.01. The van der Waals surface area contributed by atoms with Crippen molar-refractivity contribution in [2.24, 2.45) is 0 Å². The molecule has 4 nitrogen and oxygen atoms in total. The summed E-state index contributed by atoms with van der Waals surface area (Å²) in [5.74, 6) is 0.364. The van der Waals surface area contributed by atoms with Gasteiger partial charge in [0.1, 0.15) is 0 Å². The molecule has 0 amide bonds. The molecule has 2 N–H and O–H groups in total. The Hall–Kier alpha value is -1.62. The van der Waals surface area contributed by atoms with E-state index in [1.807, 2.05) is 6.07 Å². The van der Waals surface area contributed by atoms with Gasteiger partial charge in [-0.05, 0) is 19.1 Å². The van der Waals surface area contributed by atoms with Crippen LogP contribution in [0, 0.1) is 6.92 Å². The summed E-state index contributed by atoms with van der Waals surface area (Å²) in [6, 6.07) is 4.11. The number of H-pyrrole nitrogens is 1. The van der Waals surface area contributed by atoms with E-state index in [1.165, 1.54) is 16.0 Å². The zero-order valence-electron chi connectivity index (χ0n) is 8.28. The van der Waals surface area contributed by atoms with Crippen molar-refractivity contribution in [3.63, 3.8) is 0 Å². The number of rotatable bonds is 3. The molecule has 0 saturated heterocycles. The molecular formula is C10H11N3OS. The van der Waals surface area contributed by atoms with Gasteiger partial charge < -0.3 is 10.3 Å². The maximum absolute atomic E-state index is 11.3. The van der Waals surface area contributed by atoms with Gasteiger partial charge in [-0.2, -0.15) is 0 Å². The predicted octanol–water partition coefficient (Wildman–Crippen LogP) is 1.75. The minimum absolute atomic E-state index is 0.189. The topological polar surface area (TPSA) is 57.8 Å². The monoisotopic (exact) mass is 221 g/mol. The van der Waals surface area contributed by atoms with Crippen LogP contribution >= 0.6 is 11.3 Å². The van der Waals surface area contributed by atoms with E-state index in [-0.39, 0.29) is 5.56 Å². The summed E-state index contributed by atoms with van der Waals surface area (Å²) in [7, 11) is 0. The predicted molar refractivity (Wildman–Crippen MR) is 61.2 cm³/mol. The van der Waals surface area contributed by atoms with Crippen LogP contribution in [0.15, 0.2) is 29.3 Å². The second-order valence-electron chi connectivity index (χ2n) is 3.13. The molecule has 0 atom stereocenters. The number of aromatic amines is 1. The Labute approximate surface area is 91.0 Å². The summed E-state index contributed by atoms with van der Waals surface area (Å²) >= 11 is 1.71. The highest BCUT2D eigenvalue weighted by Gasteiger charge is 2.00. The number of nitrogens with one attached hydrogen (secondary N) is 2. The molecule has 0 bridgehead atoms. The van der Waals surface area contributed by atoms with Crippen LogP contribution in [0.1, 0.15) is 9.75 Å². The first-order valence-corrected chi connectivity index (χ1v) is 5.40. The normalized spacial score (nSPS) is 10.2. The van der Waals surface area contributed by atoms with Gasteiger partial charge in [0.25, 0.3) is 5.56 Å². The summed E-state index contributed by atoms with van der Waals surface area (Å²) in [5, 5.41) is 3.00. The number of nitrogens with zero attached hydrogens (tertiary/aromatic N) is 1. The van der Waals surface area contributed by atoms with Gasteiger partial charge in [-0.3, -0.25) is 4.79 Å². The Morgan fingerprint density at radius 3 is 3.07 bits per heavy atom. The first-order valence-electron chi connectivity index (χ1n) is 4.58. The van der Waals surface area contributed by atoms with Crippen molar-refractivity contribution in [2.45, 2.75) is 13.5 Å². The van der Waals surface area contributed by atoms with E-state index in [4.69, 9.17) is 0 Å². The van der Waals surface area contributed by atoms with Gasteiger partial charge >= 0.3 is 0 Å². The Morgan fingerprint density at radius 2 is 2.40 bits per heavy atom. The quantitative estimate of drug-likeness (QED) is 0.830. The van der Waals surface area contributed by atoms with Gasteiger partial charge in [0.15, 0.2) is 5.82 Å². The molecule has 0 aliphatic carbocycles. The van der Waals surface area contributed by atoms with Crippen LogP contribution in [-0.4, -0.2) is 9.97 Å². The molecule has 2 heterocycles. The average Bonchev–Trinajstić information content (AvgIpc) is 2.63. The van der Waals surface area contributed by atoms with Crippen LogP contribution in [0.4, 0.5) is 5.82 Å². The van der Waals surface area contributed by atoms with E-state index in [9.17, 15) is 4.79 Å². The van der Waals surface area contributed by atoms with Crippen LogP contribution in [0.25, 0.3) is 0 Å². The molecule has 0 aliphatic rings. The molecule has 0 radical (unpaired) electrons. The fourth-order valence-electron chi connectivity index (χ4n) is 1.23. The molecule has 0 aromatic carbocycles. The lowest BCUT2D eigenvalue weighted by atomic mass is 10.4. The molecule has 0 spiro atoms. The van der Waals surface area contributed by atoms with Gasteiger partial charge in [0.2, 0.25) is 0 Å². The number of aryl methyl sites for hydroxylation is 1. The van der Waals surface area contributed by atoms with Gasteiger partial charge in [0, 0.05) is 22.1 Å². The molecule has 2 aromatic rings. The second-order valence-corrected chi connectivity index (χ2v) is 4.51. The minimum atomic E-state index is -0.189. The van der Waals surface area contributed by atoms with E-state index in [1.54, 1.807) is 17.5 Å². The molecule has 2 aromatic heterocycles. The van der Waals surface area contributed by atoms with Crippen LogP contribution < -0.4 is 10.9 Å². The lowest BCUT2D eigenvalue weighted by Crippen LogP contribution is -2.14. The van der Waals surface area contributed by atoms with Crippen molar-refractivity contribution >= 4 is 17.2 Å². The van der Waals surface area contributed by atoms with Crippen molar-refractivity contribution in [3.05, 3.63) is 44.6 Å². The summed E-state index contributed by atoms with van der Waals surface area (Å²) in [6.07, 6.45) is 3.08. The van der Waals surface area contributed by atoms with E-state index in [2.05, 4.69) is 28.3 Å². The van der Waals surface area contributed by atoms with Gasteiger partial charge in [0.05, 0.1) is 6.54 Å². The largest absolute Gasteiger partial charge is 0.361 e. The summed E-state index contributed by atoms with van der Waals surface area (Å²) in [6.45, 7) is 2.69. The van der Waals surface area contributed by atoms with Crippen LogP contribution in [0.5, 0.6) is 0 Å². The Balaban J connectivity index is 2.05. The second kappa shape index (κ2) is 4.27. The summed E-state index contributed by atoms with van der Waals surface area (Å²) in [5.41, 5.74) is -0.189. The lowest BCUT2D eigenvalue weighted by molar-refractivity contribution is 1.07. The maximum atomic E-state index is 11.3. The maximum Gasteiger partial charge on any atom is 0.290 e. The summed E-state index contributed by atoms with van der Waals surface area (Å²) < 4.78 is 0. The molecule has 78 valence electrons. The highest BCUT2D eigenvalue weighted by molar-refractivity contribution is 7.11. The van der Waals surface area contributed by atoms with Gasteiger partial charge in [-0.25, -0.2) is 4.98 Å². The van der Waals surface area contributed by atoms with Crippen molar-refractivity contribution in [1.82, 2.24) is 9.97 Å². The number of hydrogen-bond acceptors (Lipinski definition) is 4. The molecule has 0 unspecified atom stereocenters. The van der Waals surface area contributed by atoms with Gasteiger partial charge in [-0.1, -0.05) is 0 Å². The van der Waals surface area contributed by atoms with Crippen molar-refractivity contribution in [2.75, 3.05) is 5.32 Å². The van der Waals surface area contributed by atoms with Crippen molar-refractivity contribution in [1.29, 1.82) is 0 Å². The first-order chi connectivity index (χ1) is 7.25. The molecule has 0 fully saturated rings.